The van der Waals surface area contributed by atoms with Crippen LogP contribution in [-0.4, -0.2) is 30.3 Å². The van der Waals surface area contributed by atoms with Gasteiger partial charge in [0.15, 0.2) is 5.65 Å². The van der Waals surface area contributed by atoms with Gasteiger partial charge in [-0.2, -0.15) is 14.7 Å². The molecule has 3 heterocycles. The molecule has 0 aliphatic rings. The zero-order valence-corrected chi connectivity index (χ0v) is 17.1. The van der Waals surface area contributed by atoms with Gasteiger partial charge in [-0.3, -0.25) is 4.79 Å². The van der Waals surface area contributed by atoms with Gasteiger partial charge in [-0.1, -0.05) is 30.3 Å². The molecule has 7 heteroatoms. The predicted molar refractivity (Wildman–Crippen MR) is 119 cm³/mol. The van der Waals surface area contributed by atoms with Crippen LogP contribution in [0.1, 0.15) is 21.5 Å². The lowest BCUT2D eigenvalue weighted by Crippen LogP contribution is -2.15. The average Bonchev–Trinajstić information content (AvgIpc) is 3.44. The Morgan fingerprint density at radius 1 is 0.935 bits per heavy atom. The van der Waals surface area contributed by atoms with Crippen LogP contribution < -0.4 is 5.32 Å². The van der Waals surface area contributed by atoms with E-state index in [-0.39, 0.29) is 5.91 Å². The third-order valence-corrected chi connectivity index (χ3v) is 5.29. The summed E-state index contributed by atoms with van der Waals surface area (Å²) in [7, 11) is 0. The van der Waals surface area contributed by atoms with E-state index in [1.54, 1.807) is 39.9 Å². The SMILES string of the molecule is Cc1ccc(-c2nn(-c3ccccc3)cc2C(=O)Nc2ccnc3ccnn23)cc1C. The summed E-state index contributed by atoms with van der Waals surface area (Å²) in [6, 6.07) is 19.3. The summed E-state index contributed by atoms with van der Waals surface area (Å²) in [5.41, 5.74) is 5.86. The number of anilines is 1. The largest absolute Gasteiger partial charge is 0.306 e. The van der Waals surface area contributed by atoms with Crippen LogP contribution in [0.3, 0.4) is 0 Å². The van der Waals surface area contributed by atoms with Crippen molar-refractivity contribution in [3.05, 3.63) is 95.9 Å². The van der Waals surface area contributed by atoms with Gasteiger partial charge in [0.05, 0.1) is 17.4 Å². The number of hydrogen-bond donors (Lipinski definition) is 1. The maximum atomic E-state index is 13.3. The number of aromatic nitrogens is 5. The third kappa shape index (κ3) is 3.46. The number of fused-ring (bicyclic) bond motifs is 1. The summed E-state index contributed by atoms with van der Waals surface area (Å²) in [5, 5.41) is 12.0. The molecule has 1 N–H and O–H groups in total. The van der Waals surface area contributed by atoms with Crippen LogP contribution in [0.15, 0.2) is 79.3 Å². The van der Waals surface area contributed by atoms with Crippen molar-refractivity contribution in [2.45, 2.75) is 13.8 Å². The number of para-hydroxylation sites is 1. The van der Waals surface area contributed by atoms with Gasteiger partial charge in [-0.05, 0) is 49.2 Å². The number of hydrogen-bond acceptors (Lipinski definition) is 4. The Balaban J connectivity index is 1.60. The molecular formula is C24H20N6O. The molecule has 3 aromatic heterocycles. The van der Waals surface area contributed by atoms with Gasteiger partial charge in [0.2, 0.25) is 0 Å². The Labute approximate surface area is 179 Å². The summed E-state index contributed by atoms with van der Waals surface area (Å²) in [6.45, 7) is 4.12. The molecule has 0 radical (unpaired) electrons. The topological polar surface area (TPSA) is 77.1 Å². The van der Waals surface area contributed by atoms with Gasteiger partial charge < -0.3 is 5.32 Å². The Morgan fingerprint density at radius 2 is 1.77 bits per heavy atom. The molecule has 0 fully saturated rings. The standard InChI is InChI=1S/C24H20N6O/c1-16-8-9-18(14-17(16)2)23-20(15-29(28-23)19-6-4-3-5-7-19)24(31)27-22-10-12-25-21-11-13-26-30(21)22/h3-15H,1-2H3,(H,27,31). The van der Waals surface area contributed by atoms with Crippen LogP contribution in [0.25, 0.3) is 22.6 Å². The first-order valence-electron chi connectivity index (χ1n) is 9.93. The van der Waals surface area contributed by atoms with Crippen LogP contribution >= 0.6 is 0 Å². The number of aryl methyl sites for hydroxylation is 2. The minimum atomic E-state index is -0.265. The van der Waals surface area contributed by atoms with Crippen LogP contribution in [0, 0.1) is 13.8 Å². The zero-order chi connectivity index (χ0) is 21.4. The van der Waals surface area contributed by atoms with E-state index in [0.717, 1.165) is 16.8 Å². The third-order valence-electron chi connectivity index (χ3n) is 5.29. The van der Waals surface area contributed by atoms with Crippen LogP contribution in [0.4, 0.5) is 5.82 Å². The molecule has 2 aromatic carbocycles. The van der Waals surface area contributed by atoms with E-state index in [1.165, 1.54) is 5.56 Å². The van der Waals surface area contributed by atoms with Crippen LogP contribution in [0.2, 0.25) is 0 Å². The van der Waals surface area contributed by atoms with Crippen LogP contribution in [-0.2, 0) is 0 Å². The number of benzene rings is 2. The number of amides is 1. The highest BCUT2D eigenvalue weighted by molar-refractivity contribution is 6.07. The molecule has 0 saturated carbocycles. The zero-order valence-electron chi connectivity index (χ0n) is 17.1. The highest BCUT2D eigenvalue weighted by Gasteiger charge is 2.20. The lowest BCUT2D eigenvalue weighted by atomic mass is 10.0. The van der Waals surface area contributed by atoms with E-state index in [0.29, 0.717) is 22.7 Å². The minimum absolute atomic E-state index is 0.265. The molecule has 0 aliphatic carbocycles. The molecule has 1 amide bonds. The molecule has 0 saturated heterocycles. The van der Waals surface area contributed by atoms with E-state index in [1.807, 2.05) is 42.5 Å². The predicted octanol–water partition coefficient (Wildman–Crippen LogP) is 4.45. The van der Waals surface area contributed by atoms with E-state index in [4.69, 9.17) is 5.10 Å². The summed E-state index contributed by atoms with van der Waals surface area (Å²) in [5.74, 6) is 0.275. The van der Waals surface area contributed by atoms with Crippen molar-refractivity contribution < 1.29 is 4.79 Å². The number of carbonyl (C=O) groups excluding carboxylic acids is 1. The summed E-state index contributed by atoms with van der Waals surface area (Å²) >= 11 is 0. The lowest BCUT2D eigenvalue weighted by Gasteiger charge is -2.08. The number of nitrogens with zero attached hydrogens (tertiary/aromatic N) is 5. The molecule has 0 atom stereocenters. The number of nitrogens with one attached hydrogen (secondary N) is 1. The van der Waals surface area contributed by atoms with Crippen molar-refractivity contribution >= 4 is 17.4 Å². The van der Waals surface area contributed by atoms with Gasteiger partial charge in [0.1, 0.15) is 11.5 Å². The molecule has 5 rings (SSSR count). The Hall–Kier alpha value is -4.26. The lowest BCUT2D eigenvalue weighted by molar-refractivity contribution is 0.102. The molecule has 5 aromatic rings. The second-order valence-electron chi connectivity index (χ2n) is 7.36. The van der Waals surface area contributed by atoms with Crippen molar-refractivity contribution in [1.82, 2.24) is 24.4 Å². The normalized spacial score (nSPS) is 11.0. The second kappa shape index (κ2) is 7.53. The smallest absolute Gasteiger partial charge is 0.260 e. The van der Waals surface area contributed by atoms with Gasteiger partial charge in [-0.15, -0.1) is 0 Å². The highest BCUT2D eigenvalue weighted by atomic mass is 16.1. The van der Waals surface area contributed by atoms with Gasteiger partial charge in [0, 0.05) is 24.0 Å². The Bertz CT molecular complexity index is 1400. The van der Waals surface area contributed by atoms with Crippen molar-refractivity contribution in [2.24, 2.45) is 0 Å². The minimum Gasteiger partial charge on any atom is -0.306 e. The molecule has 7 nitrogen and oxygen atoms in total. The summed E-state index contributed by atoms with van der Waals surface area (Å²) in [6.07, 6.45) is 5.05. The molecule has 0 bridgehead atoms. The van der Waals surface area contributed by atoms with E-state index < -0.39 is 0 Å². The quantitative estimate of drug-likeness (QED) is 0.477. The summed E-state index contributed by atoms with van der Waals surface area (Å²) < 4.78 is 3.32. The van der Waals surface area contributed by atoms with Crippen molar-refractivity contribution in [3.63, 3.8) is 0 Å². The second-order valence-corrected chi connectivity index (χ2v) is 7.36. The molecule has 0 aliphatic heterocycles. The average molecular weight is 408 g/mol. The Morgan fingerprint density at radius 3 is 2.58 bits per heavy atom. The monoisotopic (exact) mass is 408 g/mol. The molecule has 152 valence electrons. The van der Waals surface area contributed by atoms with Crippen LogP contribution in [0.5, 0.6) is 0 Å². The van der Waals surface area contributed by atoms with Crippen molar-refractivity contribution in [1.29, 1.82) is 0 Å². The number of carbonyl (C=O) groups is 1. The molecule has 31 heavy (non-hydrogen) atoms. The molecule has 0 unspecified atom stereocenters. The fraction of sp³-hybridized carbons (Fsp3) is 0.0833. The molecular weight excluding hydrogens is 388 g/mol. The first-order chi connectivity index (χ1) is 15.1. The first kappa shape index (κ1) is 18.7. The van der Waals surface area contributed by atoms with Gasteiger partial charge in [0.25, 0.3) is 5.91 Å². The maximum absolute atomic E-state index is 13.3. The fourth-order valence-corrected chi connectivity index (χ4v) is 3.47. The molecule has 0 spiro atoms. The van der Waals surface area contributed by atoms with Crippen molar-refractivity contribution in [2.75, 3.05) is 5.32 Å². The van der Waals surface area contributed by atoms with Gasteiger partial charge in [-0.25, -0.2) is 9.67 Å². The fourth-order valence-electron chi connectivity index (χ4n) is 3.47. The highest BCUT2D eigenvalue weighted by Crippen LogP contribution is 2.26. The van der Waals surface area contributed by atoms with E-state index in [9.17, 15) is 4.79 Å². The van der Waals surface area contributed by atoms with Crippen molar-refractivity contribution in [3.8, 4) is 16.9 Å². The summed E-state index contributed by atoms with van der Waals surface area (Å²) in [4.78, 5) is 17.6. The van der Waals surface area contributed by atoms with E-state index in [2.05, 4.69) is 35.3 Å². The maximum Gasteiger partial charge on any atom is 0.260 e. The first-order valence-corrected chi connectivity index (χ1v) is 9.93. The Kier molecular flexibility index (Phi) is 4.55. The van der Waals surface area contributed by atoms with E-state index >= 15 is 0 Å². The number of rotatable bonds is 4. The van der Waals surface area contributed by atoms with Gasteiger partial charge >= 0.3 is 0 Å².